The first-order valence-corrected chi connectivity index (χ1v) is 7.86. The maximum atomic E-state index is 5.52. The van der Waals surface area contributed by atoms with Gasteiger partial charge in [-0.15, -0.1) is 0 Å². The molecule has 2 atom stereocenters. The molecule has 2 aliphatic rings. The van der Waals surface area contributed by atoms with Gasteiger partial charge in [0.25, 0.3) is 0 Å². The van der Waals surface area contributed by atoms with Gasteiger partial charge in [-0.3, -0.25) is 4.90 Å². The minimum absolute atomic E-state index is 0.286. The van der Waals surface area contributed by atoms with Crippen LogP contribution in [0.25, 0.3) is 0 Å². The Balaban J connectivity index is 2.07. The van der Waals surface area contributed by atoms with Crippen molar-refractivity contribution in [2.24, 2.45) is 17.3 Å². The molecular formula is C16H31N2O. The molecule has 2 aliphatic heterocycles. The highest BCUT2D eigenvalue weighted by Crippen LogP contribution is 2.36. The van der Waals surface area contributed by atoms with Gasteiger partial charge in [-0.25, -0.2) is 0 Å². The van der Waals surface area contributed by atoms with E-state index < -0.39 is 0 Å². The first-order chi connectivity index (χ1) is 9.00. The topological polar surface area (TPSA) is 24.5 Å². The minimum atomic E-state index is 0.286. The first kappa shape index (κ1) is 15.3. The van der Waals surface area contributed by atoms with E-state index in [9.17, 15) is 0 Å². The number of piperidine rings is 1. The summed E-state index contributed by atoms with van der Waals surface area (Å²) in [5, 5.41) is 3.47. The molecule has 0 aromatic rings. The summed E-state index contributed by atoms with van der Waals surface area (Å²) in [7, 11) is 0. The summed E-state index contributed by atoms with van der Waals surface area (Å²) in [5.41, 5.74) is 0.286. The summed E-state index contributed by atoms with van der Waals surface area (Å²) in [4.78, 5) is 2.63. The number of ether oxygens (including phenoxy) is 1. The van der Waals surface area contributed by atoms with E-state index in [0.717, 1.165) is 45.3 Å². The van der Waals surface area contributed by atoms with E-state index in [1.807, 2.05) is 0 Å². The quantitative estimate of drug-likeness (QED) is 0.848. The van der Waals surface area contributed by atoms with Crippen molar-refractivity contribution in [1.29, 1.82) is 0 Å². The average Bonchev–Trinajstić information content (AvgIpc) is 2.39. The SMILES string of the molecule is [CH2]C(C1CCNCC1)C(N1CCOCC1)C(C)(C)C. The second-order valence-electron chi connectivity index (χ2n) is 7.21. The lowest BCUT2D eigenvalue weighted by atomic mass is 9.71. The van der Waals surface area contributed by atoms with Crippen molar-refractivity contribution < 1.29 is 4.74 Å². The average molecular weight is 267 g/mol. The smallest absolute Gasteiger partial charge is 0.0594 e. The minimum Gasteiger partial charge on any atom is -0.379 e. The van der Waals surface area contributed by atoms with Crippen molar-refractivity contribution in [3.05, 3.63) is 6.92 Å². The lowest BCUT2D eigenvalue weighted by Crippen LogP contribution is -2.54. The van der Waals surface area contributed by atoms with Gasteiger partial charge >= 0.3 is 0 Å². The molecule has 2 heterocycles. The Labute approximate surface area is 119 Å². The Bertz CT molecular complexity index is 262. The van der Waals surface area contributed by atoms with Crippen LogP contribution in [0.1, 0.15) is 33.6 Å². The molecule has 111 valence electrons. The van der Waals surface area contributed by atoms with Crippen LogP contribution in [0.15, 0.2) is 0 Å². The molecule has 19 heavy (non-hydrogen) atoms. The van der Waals surface area contributed by atoms with Crippen LogP contribution < -0.4 is 5.32 Å². The Morgan fingerprint density at radius 2 is 1.74 bits per heavy atom. The van der Waals surface area contributed by atoms with Gasteiger partial charge in [0.15, 0.2) is 0 Å². The second kappa shape index (κ2) is 6.55. The third-order valence-electron chi connectivity index (χ3n) is 4.72. The van der Waals surface area contributed by atoms with Gasteiger partial charge in [-0.1, -0.05) is 20.8 Å². The predicted molar refractivity (Wildman–Crippen MR) is 80.1 cm³/mol. The second-order valence-corrected chi connectivity index (χ2v) is 7.21. The van der Waals surface area contributed by atoms with Crippen molar-refractivity contribution in [3.8, 4) is 0 Å². The van der Waals surface area contributed by atoms with Gasteiger partial charge < -0.3 is 10.1 Å². The number of hydrogen-bond acceptors (Lipinski definition) is 3. The summed E-state index contributed by atoms with van der Waals surface area (Å²) in [6.45, 7) is 17.9. The molecule has 0 aromatic heterocycles. The fraction of sp³-hybridized carbons (Fsp3) is 0.938. The number of nitrogens with one attached hydrogen (secondary N) is 1. The van der Waals surface area contributed by atoms with Gasteiger partial charge in [-0.2, -0.15) is 0 Å². The largest absolute Gasteiger partial charge is 0.379 e. The summed E-state index contributed by atoms with van der Waals surface area (Å²) in [6, 6.07) is 0.569. The van der Waals surface area contributed by atoms with E-state index in [4.69, 9.17) is 4.74 Å². The summed E-state index contributed by atoms with van der Waals surface area (Å²) < 4.78 is 5.52. The Morgan fingerprint density at radius 3 is 2.26 bits per heavy atom. The summed E-state index contributed by atoms with van der Waals surface area (Å²) in [5.74, 6) is 1.30. The molecule has 0 amide bonds. The molecule has 0 bridgehead atoms. The molecular weight excluding hydrogens is 236 g/mol. The summed E-state index contributed by atoms with van der Waals surface area (Å²) in [6.07, 6.45) is 2.57. The van der Waals surface area contributed by atoms with Crippen LogP contribution in [0, 0.1) is 24.2 Å². The lowest BCUT2D eigenvalue weighted by molar-refractivity contribution is -0.0346. The van der Waals surface area contributed by atoms with E-state index in [1.165, 1.54) is 12.8 Å². The summed E-state index contributed by atoms with van der Waals surface area (Å²) >= 11 is 0. The first-order valence-electron chi connectivity index (χ1n) is 7.86. The van der Waals surface area contributed by atoms with E-state index in [1.54, 1.807) is 0 Å². The molecule has 2 fully saturated rings. The Morgan fingerprint density at radius 1 is 1.16 bits per heavy atom. The zero-order chi connectivity index (χ0) is 13.9. The third-order valence-corrected chi connectivity index (χ3v) is 4.72. The van der Waals surface area contributed by atoms with Gasteiger partial charge in [0.05, 0.1) is 13.2 Å². The molecule has 0 spiro atoms. The highest BCUT2D eigenvalue weighted by Gasteiger charge is 2.38. The molecule has 1 N–H and O–H groups in total. The molecule has 1 radical (unpaired) electrons. The number of morpholine rings is 1. The molecule has 0 aromatic carbocycles. The van der Waals surface area contributed by atoms with Gasteiger partial charge in [-0.05, 0) is 50.1 Å². The standard InChI is InChI=1S/C16H31N2O/c1-13(14-5-7-17-8-6-14)15(16(2,3)4)18-9-11-19-12-10-18/h13-15,17H,1,5-12H2,2-4H3. The predicted octanol–water partition coefficient (Wildman–Crippen LogP) is 2.18. The van der Waals surface area contributed by atoms with Crippen LogP contribution in [0.4, 0.5) is 0 Å². The molecule has 0 aliphatic carbocycles. The highest BCUT2D eigenvalue weighted by atomic mass is 16.5. The number of rotatable bonds is 3. The normalized spacial score (nSPS) is 27.2. The fourth-order valence-electron chi connectivity index (χ4n) is 3.85. The van der Waals surface area contributed by atoms with E-state index in [2.05, 4.69) is 37.9 Å². The third kappa shape index (κ3) is 3.93. The van der Waals surface area contributed by atoms with Crippen LogP contribution in [0.2, 0.25) is 0 Å². The van der Waals surface area contributed by atoms with Crippen LogP contribution in [0.3, 0.4) is 0 Å². The van der Waals surface area contributed by atoms with Crippen molar-refractivity contribution >= 4 is 0 Å². The van der Waals surface area contributed by atoms with E-state index in [0.29, 0.717) is 12.0 Å². The zero-order valence-corrected chi connectivity index (χ0v) is 13.0. The van der Waals surface area contributed by atoms with Crippen LogP contribution >= 0.6 is 0 Å². The van der Waals surface area contributed by atoms with Crippen molar-refractivity contribution in [3.63, 3.8) is 0 Å². The molecule has 2 unspecified atom stereocenters. The fourth-order valence-corrected chi connectivity index (χ4v) is 3.85. The Kier molecular flexibility index (Phi) is 5.27. The van der Waals surface area contributed by atoms with Crippen LogP contribution in [-0.4, -0.2) is 50.3 Å². The van der Waals surface area contributed by atoms with E-state index in [-0.39, 0.29) is 5.41 Å². The van der Waals surface area contributed by atoms with Gasteiger partial charge in [0.1, 0.15) is 0 Å². The number of hydrogen-bond donors (Lipinski definition) is 1. The monoisotopic (exact) mass is 267 g/mol. The van der Waals surface area contributed by atoms with Gasteiger partial charge in [0, 0.05) is 19.1 Å². The maximum absolute atomic E-state index is 5.52. The van der Waals surface area contributed by atoms with Crippen LogP contribution in [-0.2, 0) is 4.74 Å². The zero-order valence-electron chi connectivity index (χ0n) is 13.0. The molecule has 2 saturated heterocycles. The Hall–Kier alpha value is -0.120. The van der Waals surface area contributed by atoms with Crippen molar-refractivity contribution in [2.45, 2.75) is 39.7 Å². The van der Waals surface area contributed by atoms with Crippen molar-refractivity contribution in [1.82, 2.24) is 10.2 Å². The lowest BCUT2D eigenvalue weighted by Gasteiger charge is -2.48. The van der Waals surface area contributed by atoms with Crippen molar-refractivity contribution in [2.75, 3.05) is 39.4 Å². The molecule has 3 nitrogen and oxygen atoms in total. The van der Waals surface area contributed by atoms with Crippen LogP contribution in [0.5, 0.6) is 0 Å². The maximum Gasteiger partial charge on any atom is 0.0594 e. The molecule has 0 saturated carbocycles. The highest BCUT2D eigenvalue weighted by molar-refractivity contribution is 4.94. The van der Waals surface area contributed by atoms with Gasteiger partial charge in [0.2, 0.25) is 0 Å². The number of nitrogens with zero attached hydrogens (tertiary/aromatic N) is 1. The molecule has 2 rings (SSSR count). The van der Waals surface area contributed by atoms with E-state index >= 15 is 0 Å². The molecule has 3 heteroatoms.